The fourth-order valence-corrected chi connectivity index (χ4v) is 3.23. The molecular formula is C20H25N3O2. The van der Waals surface area contributed by atoms with Crippen LogP contribution in [0.4, 0.5) is 11.4 Å². The topological polar surface area (TPSA) is 67.6 Å². The van der Waals surface area contributed by atoms with Crippen molar-refractivity contribution in [3.8, 4) is 5.75 Å². The van der Waals surface area contributed by atoms with Gasteiger partial charge in [0.15, 0.2) is 0 Å². The maximum absolute atomic E-state index is 12.4. The Labute approximate surface area is 148 Å². The summed E-state index contributed by atoms with van der Waals surface area (Å²) in [7, 11) is 0. The van der Waals surface area contributed by atoms with Crippen LogP contribution in [0.5, 0.6) is 5.75 Å². The Morgan fingerprint density at radius 3 is 2.96 bits per heavy atom. The number of nitrogens with two attached hydrogens (primary N) is 1. The third-order valence-electron chi connectivity index (χ3n) is 4.42. The van der Waals surface area contributed by atoms with Crippen molar-refractivity contribution in [2.24, 2.45) is 0 Å². The average Bonchev–Trinajstić information content (AvgIpc) is 2.62. The Morgan fingerprint density at radius 2 is 2.12 bits per heavy atom. The van der Waals surface area contributed by atoms with E-state index >= 15 is 0 Å². The number of nitrogens with zero attached hydrogens (tertiary/aromatic N) is 1. The number of nitrogens with one attached hydrogen (secondary N) is 1. The molecule has 132 valence electrons. The lowest BCUT2D eigenvalue weighted by Crippen LogP contribution is -2.39. The summed E-state index contributed by atoms with van der Waals surface area (Å²) >= 11 is 0. The molecule has 1 amide bonds. The lowest BCUT2D eigenvalue weighted by molar-refractivity contribution is -0.119. The van der Waals surface area contributed by atoms with Gasteiger partial charge in [0.2, 0.25) is 5.91 Å². The zero-order chi connectivity index (χ0) is 17.6. The molecule has 0 atom stereocenters. The highest BCUT2D eigenvalue weighted by molar-refractivity contribution is 5.82. The number of rotatable bonds is 6. The molecule has 0 aromatic heterocycles. The van der Waals surface area contributed by atoms with Crippen LogP contribution < -0.4 is 20.7 Å². The van der Waals surface area contributed by atoms with Crippen molar-refractivity contribution in [1.29, 1.82) is 0 Å². The van der Waals surface area contributed by atoms with Crippen LogP contribution in [0, 0.1) is 0 Å². The maximum Gasteiger partial charge on any atom is 0.239 e. The van der Waals surface area contributed by atoms with Crippen LogP contribution in [-0.4, -0.2) is 25.6 Å². The van der Waals surface area contributed by atoms with Gasteiger partial charge in [0.25, 0.3) is 0 Å². The summed E-state index contributed by atoms with van der Waals surface area (Å²) in [6.07, 6.45) is 2.00. The highest BCUT2D eigenvalue weighted by atomic mass is 16.5. The van der Waals surface area contributed by atoms with Gasteiger partial charge in [-0.15, -0.1) is 0 Å². The first-order valence-corrected chi connectivity index (χ1v) is 8.78. The number of carbonyl (C=O) groups is 1. The molecule has 25 heavy (non-hydrogen) atoms. The van der Waals surface area contributed by atoms with Gasteiger partial charge in [-0.05, 0) is 55.2 Å². The lowest BCUT2D eigenvalue weighted by atomic mass is 10.00. The molecule has 5 heteroatoms. The molecule has 2 aromatic carbocycles. The molecule has 0 spiro atoms. The van der Waals surface area contributed by atoms with Gasteiger partial charge in [-0.2, -0.15) is 0 Å². The van der Waals surface area contributed by atoms with Gasteiger partial charge in [0.1, 0.15) is 5.75 Å². The van der Waals surface area contributed by atoms with Gasteiger partial charge in [-0.3, -0.25) is 4.79 Å². The number of amides is 1. The largest absolute Gasteiger partial charge is 0.494 e. The summed E-state index contributed by atoms with van der Waals surface area (Å²) in [5.41, 5.74) is 10.2. The van der Waals surface area contributed by atoms with Crippen LogP contribution in [0.1, 0.15) is 24.5 Å². The van der Waals surface area contributed by atoms with Gasteiger partial charge in [-0.25, -0.2) is 0 Å². The molecule has 1 aliphatic heterocycles. The Kier molecular flexibility index (Phi) is 5.43. The van der Waals surface area contributed by atoms with Crippen LogP contribution in [-0.2, 0) is 17.8 Å². The van der Waals surface area contributed by atoms with Crippen LogP contribution in [0.3, 0.4) is 0 Å². The van der Waals surface area contributed by atoms with Crippen molar-refractivity contribution in [2.45, 2.75) is 26.3 Å². The number of ether oxygens (including phenoxy) is 1. The minimum Gasteiger partial charge on any atom is -0.494 e. The summed E-state index contributed by atoms with van der Waals surface area (Å²) in [5.74, 6) is 0.840. The quantitative estimate of drug-likeness (QED) is 0.794. The van der Waals surface area contributed by atoms with Crippen LogP contribution in [0.15, 0.2) is 42.5 Å². The summed E-state index contributed by atoms with van der Waals surface area (Å²) in [4.78, 5) is 14.5. The number of carbonyl (C=O) groups excluding carboxylic acids is 1. The molecule has 0 unspecified atom stereocenters. The van der Waals surface area contributed by atoms with E-state index in [2.05, 4.69) is 10.2 Å². The summed E-state index contributed by atoms with van der Waals surface area (Å²) in [6.45, 7) is 4.31. The third kappa shape index (κ3) is 4.24. The van der Waals surface area contributed by atoms with Crippen molar-refractivity contribution in [3.05, 3.63) is 53.6 Å². The molecule has 1 heterocycles. The second-order valence-corrected chi connectivity index (χ2v) is 6.23. The molecule has 3 N–H and O–H groups in total. The Balaban J connectivity index is 1.59. The van der Waals surface area contributed by atoms with E-state index in [9.17, 15) is 4.79 Å². The van der Waals surface area contributed by atoms with Gasteiger partial charge in [-0.1, -0.05) is 18.2 Å². The van der Waals surface area contributed by atoms with E-state index in [1.165, 1.54) is 0 Å². The smallest absolute Gasteiger partial charge is 0.239 e. The standard InChI is InChI=1S/C20H25N3O2/c1-2-25-16-7-3-6-15(12-16)13-22-20(24)14-23-11-5-8-17-18(21)9-4-10-19(17)23/h3-4,6-7,9-10,12H,2,5,8,11,13-14,21H2,1H3,(H,22,24). The van der Waals surface area contributed by atoms with Crippen LogP contribution in [0.25, 0.3) is 0 Å². The molecule has 0 aliphatic carbocycles. The molecule has 0 saturated heterocycles. The Morgan fingerprint density at radius 1 is 1.28 bits per heavy atom. The molecule has 0 radical (unpaired) electrons. The van der Waals surface area contributed by atoms with E-state index < -0.39 is 0 Å². The first-order chi connectivity index (χ1) is 12.2. The van der Waals surface area contributed by atoms with Crippen molar-refractivity contribution < 1.29 is 9.53 Å². The van der Waals surface area contributed by atoms with Crippen LogP contribution in [0.2, 0.25) is 0 Å². The van der Waals surface area contributed by atoms with E-state index in [0.717, 1.165) is 47.6 Å². The van der Waals surface area contributed by atoms with E-state index in [0.29, 0.717) is 19.7 Å². The van der Waals surface area contributed by atoms with Crippen molar-refractivity contribution >= 4 is 17.3 Å². The molecular weight excluding hydrogens is 314 g/mol. The zero-order valence-electron chi connectivity index (χ0n) is 14.6. The van der Waals surface area contributed by atoms with Gasteiger partial charge in [0.05, 0.1) is 13.2 Å². The molecule has 0 fully saturated rings. The number of nitrogen functional groups attached to an aromatic ring is 1. The monoisotopic (exact) mass is 339 g/mol. The van der Waals surface area contributed by atoms with Gasteiger partial charge in [0, 0.05) is 24.5 Å². The van der Waals surface area contributed by atoms with Gasteiger partial charge >= 0.3 is 0 Å². The van der Waals surface area contributed by atoms with Crippen molar-refractivity contribution in [3.63, 3.8) is 0 Å². The van der Waals surface area contributed by atoms with E-state index in [1.807, 2.05) is 49.4 Å². The Hall–Kier alpha value is -2.69. The second-order valence-electron chi connectivity index (χ2n) is 6.23. The average molecular weight is 339 g/mol. The molecule has 0 saturated carbocycles. The normalized spacial score (nSPS) is 13.2. The first-order valence-electron chi connectivity index (χ1n) is 8.78. The predicted molar refractivity (Wildman–Crippen MR) is 101 cm³/mol. The SMILES string of the molecule is CCOc1cccc(CNC(=O)CN2CCCc3c(N)cccc32)c1. The summed E-state index contributed by atoms with van der Waals surface area (Å²) in [6, 6.07) is 13.7. The first kappa shape index (κ1) is 17.1. The maximum atomic E-state index is 12.4. The zero-order valence-corrected chi connectivity index (χ0v) is 14.6. The Bertz CT molecular complexity index is 745. The fourth-order valence-electron chi connectivity index (χ4n) is 3.23. The minimum atomic E-state index is 0.0112. The fraction of sp³-hybridized carbons (Fsp3) is 0.350. The summed E-state index contributed by atoms with van der Waals surface area (Å²) < 4.78 is 5.49. The van der Waals surface area contributed by atoms with Crippen molar-refractivity contribution in [2.75, 3.05) is 30.3 Å². The minimum absolute atomic E-state index is 0.0112. The third-order valence-corrected chi connectivity index (χ3v) is 4.42. The second kappa shape index (κ2) is 7.92. The molecule has 2 aromatic rings. The molecule has 5 nitrogen and oxygen atoms in total. The van der Waals surface area contributed by atoms with Gasteiger partial charge < -0.3 is 20.7 Å². The summed E-state index contributed by atoms with van der Waals surface area (Å²) in [5, 5.41) is 2.99. The lowest BCUT2D eigenvalue weighted by Gasteiger charge is -2.31. The highest BCUT2D eigenvalue weighted by Gasteiger charge is 2.20. The number of hydrogen-bond acceptors (Lipinski definition) is 4. The van der Waals surface area contributed by atoms with Crippen molar-refractivity contribution in [1.82, 2.24) is 5.32 Å². The highest BCUT2D eigenvalue weighted by Crippen LogP contribution is 2.30. The van der Waals surface area contributed by atoms with E-state index in [-0.39, 0.29) is 5.91 Å². The van der Waals surface area contributed by atoms with E-state index in [1.54, 1.807) is 0 Å². The number of fused-ring (bicyclic) bond motifs is 1. The van der Waals surface area contributed by atoms with E-state index in [4.69, 9.17) is 10.5 Å². The molecule has 3 rings (SSSR count). The number of hydrogen-bond donors (Lipinski definition) is 2. The predicted octanol–water partition coefficient (Wildman–Crippen LogP) is 2.74. The number of benzene rings is 2. The van der Waals surface area contributed by atoms with Crippen LogP contribution >= 0.6 is 0 Å². The molecule has 0 bridgehead atoms. The number of anilines is 2. The molecule has 1 aliphatic rings.